The van der Waals surface area contributed by atoms with Gasteiger partial charge in [-0.25, -0.2) is 0 Å². The minimum Gasteiger partial charge on any atom is -0.496 e. The molecule has 124 valence electrons. The summed E-state index contributed by atoms with van der Waals surface area (Å²) in [7, 11) is 1.60. The van der Waals surface area contributed by atoms with E-state index in [0.29, 0.717) is 35.6 Å². The molecule has 3 rings (SSSR count). The Labute approximate surface area is 140 Å². The Kier molecular flexibility index (Phi) is 4.96. The number of hydrogen-bond acceptors (Lipinski definition) is 6. The van der Waals surface area contributed by atoms with Gasteiger partial charge in [0.15, 0.2) is 18.1 Å². The van der Waals surface area contributed by atoms with Crippen molar-refractivity contribution in [3.63, 3.8) is 0 Å². The first-order valence-corrected chi connectivity index (χ1v) is 7.62. The molecule has 24 heavy (non-hydrogen) atoms. The Morgan fingerprint density at radius 2 is 1.54 bits per heavy atom. The summed E-state index contributed by atoms with van der Waals surface area (Å²) in [5.74, 6) is 2.77. The molecule has 0 aliphatic carbocycles. The SMILES string of the molecule is CCOc1ccccc1OCc1nnc(-c2ccccc2OC)o1. The fourth-order valence-corrected chi connectivity index (χ4v) is 2.23. The van der Waals surface area contributed by atoms with Crippen LogP contribution in [0.2, 0.25) is 0 Å². The molecule has 0 aliphatic heterocycles. The third-order valence-corrected chi connectivity index (χ3v) is 3.30. The molecule has 0 unspecified atom stereocenters. The molecular formula is C18H18N2O4. The van der Waals surface area contributed by atoms with Crippen molar-refractivity contribution < 1.29 is 18.6 Å². The van der Waals surface area contributed by atoms with Gasteiger partial charge in [0.05, 0.1) is 19.3 Å². The first-order chi connectivity index (χ1) is 11.8. The van der Waals surface area contributed by atoms with E-state index in [1.807, 2.05) is 55.5 Å². The summed E-state index contributed by atoms with van der Waals surface area (Å²) in [5, 5.41) is 8.08. The van der Waals surface area contributed by atoms with Crippen molar-refractivity contribution in [2.75, 3.05) is 13.7 Å². The van der Waals surface area contributed by atoms with Crippen molar-refractivity contribution in [2.24, 2.45) is 0 Å². The minimum atomic E-state index is 0.159. The molecule has 0 fully saturated rings. The van der Waals surface area contributed by atoms with Crippen molar-refractivity contribution in [1.29, 1.82) is 0 Å². The van der Waals surface area contributed by atoms with Crippen LogP contribution in [0.4, 0.5) is 0 Å². The van der Waals surface area contributed by atoms with E-state index in [4.69, 9.17) is 18.6 Å². The predicted molar refractivity (Wildman–Crippen MR) is 88.2 cm³/mol. The van der Waals surface area contributed by atoms with Crippen molar-refractivity contribution in [3.8, 4) is 28.7 Å². The second-order valence-electron chi connectivity index (χ2n) is 4.87. The van der Waals surface area contributed by atoms with Crippen LogP contribution in [0.15, 0.2) is 52.9 Å². The Bertz CT molecular complexity index is 801. The largest absolute Gasteiger partial charge is 0.496 e. The van der Waals surface area contributed by atoms with Gasteiger partial charge in [0.2, 0.25) is 0 Å². The fraction of sp³-hybridized carbons (Fsp3) is 0.222. The van der Waals surface area contributed by atoms with Crippen molar-refractivity contribution in [2.45, 2.75) is 13.5 Å². The monoisotopic (exact) mass is 326 g/mol. The highest BCUT2D eigenvalue weighted by Gasteiger charge is 2.14. The van der Waals surface area contributed by atoms with Crippen LogP contribution in [0.1, 0.15) is 12.8 Å². The molecule has 0 atom stereocenters. The predicted octanol–water partition coefficient (Wildman–Crippen LogP) is 3.72. The number of rotatable bonds is 7. The molecule has 0 N–H and O–H groups in total. The first kappa shape index (κ1) is 15.9. The Hall–Kier alpha value is -3.02. The molecule has 0 amide bonds. The Morgan fingerprint density at radius 3 is 2.25 bits per heavy atom. The second-order valence-corrected chi connectivity index (χ2v) is 4.87. The van der Waals surface area contributed by atoms with E-state index in [2.05, 4.69) is 10.2 Å². The summed E-state index contributed by atoms with van der Waals surface area (Å²) >= 11 is 0. The molecule has 0 saturated heterocycles. The molecular weight excluding hydrogens is 308 g/mol. The highest BCUT2D eigenvalue weighted by Crippen LogP contribution is 2.30. The zero-order valence-electron chi connectivity index (χ0n) is 13.6. The lowest BCUT2D eigenvalue weighted by atomic mass is 10.2. The van der Waals surface area contributed by atoms with Gasteiger partial charge in [0.1, 0.15) is 5.75 Å². The summed E-state index contributed by atoms with van der Waals surface area (Å²) in [4.78, 5) is 0. The lowest BCUT2D eigenvalue weighted by Gasteiger charge is -2.09. The van der Waals surface area contributed by atoms with E-state index in [9.17, 15) is 0 Å². The number of benzene rings is 2. The van der Waals surface area contributed by atoms with Crippen LogP contribution in [0.25, 0.3) is 11.5 Å². The van der Waals surface area contributed by atoms with Gasteiger partial charge in [-0.3, -0.25) is 0 Å². The first-order valence-electron chi connectivity index (χ1n) is 7.62. The van der Waals surface area contributed by atoms with E-state index in [1.165, 1.54) is 0 Å². The van der Waals surface area contributed by atoms with E-state index >= 15 is 0 Å². The van der Waals surface area contributed by atoms with Crippen LogP contribution in [-0.2, 0) is 6.61 Å². The number of methoxy groups -OCH3 is 1. The number of ether oxygens (including phenoxy) is 3. The average molecular weight is 326 g/mol. The van der Waals surface area contributed by atoms with E-state index in [0.717, 1.165) is 5.56 Å². The molecule has 6 nitrogen and oxygen atoms in total. The van der Waals surface area contributed by atoms with Crippen LogP contribution >= 0.6 is 0 Å². The summed E-state index contributed by atoms with van der Waals surface area (Å²) in [6.45, 7) is 2.65. The molecule has 3 aromatic rings. The average Bonchev–Trinajstić information content (AvgIpc) is 3.10. The zero-order chi connectivity index (χ0) is 16.8. The van der Waals surface area contributed by atoms with Crippen molar-refractivity contribution >= 4 is 0 Å². The standard InChI is InChI=1S/C18H18N2O4/c1-3-22-15-10-6-7-11-16(15)23-12-17-19-20-18(24-17)13-8-4-5-9-14(13)21-2/h4-11H,3,12H2,1-2H3. The molecule has 0 bridgehead atoms. The number of para-hydroxylation sites is 3. The molecule has 6 heteroatoms. The number of hydrogen-bond donors (Lipinski definition) is 0. The Morgan fingerprint density at radius 1 is 0.875 bits per heavy atom. The number of aromatic nitrogens is 2. The molecule has 0 saturated carbocycles. The second kappa shape index (κ2) is 7.50. The van der Waals surface area contributed by atoms with Crippen LogP contribution < -0.4 is 14.2 Å². The minimum absolute atomic E-state index is 0.159. The maximum absolute atomic E-state index is 5.73. The third kappa shape index (κ3) is 3.48. The zero-order valence-corrected chi connectivity index (χ0v) is 13.6. The lowest BCUT2D eigenvalue weighted by Crippen LogP contribution is -1.99. The topological polar surface area (TPSA) is 66.6 Å². The van der Waals surface area contributed by atoms with Gasteiger partial charge < -0.3 is 18.6 Å². The van der Waals surface area contributed by atoms with Gasteiger partial charge in [-0.15, -0.1) is 10.2 Å². The van der Waals surface area contributed by atoms with Crippen LogP contribution in [0, 0.1) is 0 Å². The molecule has 1 aromatic heterocycles. The summed E-state index contributed by atoms with van der Waals surface area (Å²) in [6.07, 6.45) is 0. The van der Waals surface area contributed by atoms with E-state index in [1.54, 1.807) is 7.11 Å². The normalized spacial score (nSPS) is 10.4. The Balaban J connectivity index is 1.73. The van der Waals surface area contributed by atoms with Gasteiger partial charge >= 0.3 is 0 Å². The van der Waals surface area contributed by atoms with Gasteiger partial charge in [0, 0.05) is 0 Å². The highest BCUT2D eigenvalue weighted by molar-refractivity contribution is 5.62. The molecule has 0 aliphatic rings. The molecule has 0 radical (unpaired) electrons. The van der Waals surface area contributed by atoms with E-state index in [-0.39, 0.29) is 6.61 Å². The summed E-state index contributed by atoms with van der Waals surface area (Å²) in [6, 6.07) is 14.9. The maximum Gasteiger partial charge on any atom is 0.254 e. The van der Waals surface area contributed by atoms with Gasteiger partial charge in [-0.1, -0.05) is 24.3 Å². The molecule has 1 heterocycles. The summed E-state index contributed by atoms with van der Waals surface area (Å²) in [5.41, 5.74) is 0.744. The number of nitrogens with zero attached hydrogens (tertiary/aromatic N) is 2. The quantitative estimate of drug-likeness (QED) is 0.659. The van der Waals surface area contributed by atoms with Gasteiger partial charge in [-0.05, 0) is 31.2 Å². The molecule has 0 spiro atoms. The maximum atomic E-state index is 5.73. The van der Waals surface area contributed by atoms with Crippen LogP contribution in [0.3, 0.4) is 0 Å². The van der Waals surface area contributed by atoms with Crippen molar-refractivity contribution in [1.82, 2.24) is 10.2 Å². The van der Waals surface area contributed by atoms with Crippen LogP contribution in [-0.4, -0.2) is 23.9 Å². The van der Waals surface area contributed by atoms with Gasteiger partial charge in [-0.2, -0.15) is 0 Å². The van der Waals surface area contributed by atoms with E-state index < -0.39 is 0 Å². The smallest absolute Gasteiger partial charge is 0.254 e. The van der Waals surface area contributed by atoms with Crippen LogP contribution in [0.5, 0.6) is 17.2 Å². The highest BCUT2D eigenvalue weighted by atomic mass is 16.5. The lowest BCUT2D eigenvalue weighted by molar-refractivity contribution is 0.243. The van der Waals surface area contributed by atoms with Gasteiger partial charge in [0.25, 0.3) is 11.8 Å². The third-order valence-electron chi connectivity index (χ3n) is 3.30. The fourth-order valence-electron chi connectivity index (χ4n) is 2.23. The molecule has 2 aromatic carbocycles. The summed E-state index contributed by atoms with van der Waals surface area (Å²) < 4.78 is 22.2. The van der Waals surface area contributed by atoms with Crippen molar-refractivity contribution in [3.05, 3.63) is 54.4 Å².